The van der Waals surface area contributed by atoms with E-state index >= 15 is 0 Å². The Balaban J connectivity index is 1.67. The Morgan fingerprint density at radius 1 is 1.00 bits per heavy atom. The number of Topliss-reactive ketones (excluding diaryl/α,β-unsaturated/α-hetero) is 1. The van der Waals surface area contributed by atoms with Crippen molar-refractivity contribution < 1.29 is 4.79 Å². The first-order valence-electron chi connectivity index (χ1n) is 8.10. The number of ketones is 1. The maximum absolute atomic E-state index is 12.7. The fraction of sp³-hybridized carbons (Fsp3) is 0.0500. The Hall–Kier alpha value is -2.47. The molecular weight excluding hydrogens is 401 g/mol. The van der Waals surface area contributed by atoms with Crippen molar-refractivity contribution in [2.45, 2.75) is 6.42 Å². The molecule has 4 rings (SSSR count). The summed E-state index contributed by atoms with van der Waals surface area (Å²) in [6.45, 7) is 0. The van der Waals surface area contributed by atoms with Crippen molar-refractivity contribution in [2.75, 3.05) is 5.73 Å². The highest BCUT2D eigenvalue weighted by Gasteiger charge is 2.18. The van der Waals surface area contributed by atoms with Crippen LogP contribution in [0, 0.1) is 0 Å². The number of halogens is 2. The predicted molar refractivity (Wildman–Crippen MR) is 112 cm³/mol. The third kappa shape index (κ3) is 3.67. The van der Waals surface area contributed by atoms with Gasteiger partial charge in [0.15, 0.2) is 5.78 Å². The Labute approximate surface area is 169 Å². The van der Waals surface area contributed by atoms with Crippen LogP contribution in [-0.2, 0) is 6.42 Å². The second-order valence-electron chi connectivity index (χ2n) is 5.97. The number of anilines is 1. The lowest BCUT2D eigenvalue weighted by molar-refractivity contribution is 0.0996. The molecule has 3 aromatic heterocycles. The zero-order valence-corrected chi connectivity index (χ0v) is 16.3. The summed E-state index contributed by atoms with van der Waals surface area (Å²) < 4.78 is 0. The average Bonchev–Trinajstić information content (AvgIpc) is 3.00. The molecular formula is C20H13Cl2N3OS. The number of aromatic nitrogens is 2. The van der Waals surface area contributed by atoms with Gasteiger partial charge in [-0.15, -0.1) is 11.3 Å². The van der Waals surface area contributed by atoms with Gasteiger partial charge in [-0.3, -0.25) is 9.78 Å². The van der Waals surface area contributed by atoms with Crippen LogP contribution in [0.15, 0.2) is 54.7 Å². The molecule has 4 aromatic rings. The van der Waals surface area contributed by atoms with Gasteiger partial charge in [0.05, 0.1) is 27.7 Å². The van der Waals surface area contributed by atoms with Crippen LogP contribution in [-0.4, -0.2) is 15.8 Å². The number of rotatable bonds is 4. The van der Waals surface area contributed by atoms with Crippen LogP contribution in [0.3, 0.4) is 0 Å². The molecule has 0 fully saturated rings. The molecule has 3 heterocycles. The fourth-order valence-electron chi connectivity index (χ4n) is 2.74. The molecule has 0 aliphatic rings. The molecule has 0 radical (unpaired) electrons. The molecule has 0 aliphatic heterocycles. The van der Waals surface area contributed by atoms with E-state index in [1.165, 1.54) is 17.5 Å². The smallest absolute Gasteiger partial charge is 0.180 e. The lowest BCUT2D eigenvalue weighted by atomic mass is 10.1. The first-order chi connectivity index (χ1) is 13.0. The zero-order valence-electron chi connectivity index (χ0n) is 13.9. The maximum atomic E-state index is 12.7. The highest BCUT2D eigenvalue weighted by molar-refractivity contribution is 7.21. The molecule has 134 valence electrons. The first-order valence-corrected chi connectivity index (χ1v) is 9.67. The van der Waals surface area contributed by atoms with E-state index < -0.39 is 0 Å². The molecule has 0 aliphatic carbocycles. The van der Waals surface area contributed by atoms with Crippen molar-refractivity contribution in [3.05, 3.63) is 75.3 Å². The van der Waals surface area contributed by atoms with E-state index in [1.54, 1.807) is 12.1 Å². The largest absolute Gasteiger partial charge is 0.397 e. The average molecular weight is 414 g/mol. The maximum Gasteiger partial charge on any atom is 0.180 e. The zero-order chi connectivity index (χ0) is 19.0. The van der Waals surface area contributed by atoms with Crippen LogP contribution in [0.25, 0.3) is 21.5 Å². The number of carbonyl (C=O) groups excluding carboxylic acids is 1. The summed E-state index contributed by atoms with van der Waals surface area (Å²) in [4.78, 5) is 22.8. The lowest BCUT2D eigenvalue weighted by Crippen LogP contribution is -2.05. The molecule has 27 heavy (non-hydrogen) atoms. The molecule has 0 unspecified atom stereocenters. The summed E-state index contributed by atoms with van der Waals surface area (Å²) in [5.74, 6) is -0.0848. The monoisotopic (exact) mass is 413 g/mol. The van der Waals surface area contributed by atoms with Gasteiger partial charge in [-0.2, -0.15) is 0 Å². The van der Waals surface area contributed by atoms with Crippen LogP contribution >= 0.6 is 34.5 Å². The molecule has 2 N–H and O–H groups in total. The Kier molecular flexibility index (Phi) is 4.83. The molecule has 0 saturated carbocycles. The molecule has 7 heteroatoms. The molecule has 0 saturated heterocycles. The Bertz CT molecular complexity index is 1140. The first kappa shape index (κ1) is 17.9. The van der Waals surface area contributed by atoms with E-state index in [9.17, 15) is 4.79 Å². The van der Waals surface area contributed by atoms with E-state index in [-0.39, 0.29) is 12.2 Å². The van der Waals surface area contributed by atoms with Gasteiger partial charge < -0.3 is 5.73 Å². The molecule has 0 bridgehead atoms. The van der Waals surface area contributed by atoms with Gasteiger partial charge in [0, 0.05) is 27.9 Å². The predicted octanol–water partition coefficient (Wildman–Crippen LogP) is 5.67. The number of benzene rings is 1. The quantitative estimate of drug-likeness (QED) is 0.437. The van der Waals surface area contributed by atoms with E-state index in [4.69, 9.17) is 28.9 Å². The van der Waals surface area contributed by atoms with Gasteiger partial charge in [-0.1, -0.05) is 35.3 Å². The summed E-state index contributed by atoms with van der Waals surface area (Å²) in [6.07, 6.45) is 1.69. The third-order valence-corrected chi connectivity index (χ3v) is 5.75. The van der Waals surface area contributed by atoms with Gasteiger partial charge in [0.1, 0.15) is 4.83 Å². The van der Waals surface area contributed by atoms with E-state index in [0.717, 1.165) is 21.5 Å². The third-order valence-electron chi connectivity index (χ3n) is 4.12. The number of nitrogen functional groups attached to an aromatic ring is 1. The number of hydrogen-bond acceptors (Lipinski definition) is 5. The van der Waals surface area contributed by atoms with Crippen molar-refractivity contribution in [3.63, 3.8) is 0 Å². The highest BCUT2D eigenvalue weighted by Crippen LogP contribution is 2.35. The van der Waals surface area contributed by atoms with E-state index in [0.29, 0.717) is 26.3 Å². The van der Waals surface area contributed by atoms with Crippen LogP contribution in [0.4, 0.5) is 5.69 Å². The summed E-state index contributed by atoms with van der Waals surface area (Å²) in [6, 6.07) is 14.7. The second kappa shape index (κ2) is 7.27. The minimum Gasteiger partial charge on any atom is -0.397 e. The SMILES string of the molecule is Nc1c(C(=O)Cc2ccc(Cl)cn2)sc2nc(-c3ccc(Cl)cc3)ccc12. The van der Waals surface area contributed by atoms with Crippen molar-refractivity contribution in [1.82, 2.24) is 9.97 Å². The van der Waals surface area contributed by atoms with Gasteiger partial charge in [0.2, 0.25) is 0 Å². The summed E-state index contributed by atoms with van der Waals surface area (Å²) in [5.41, 5.74) is 9.08. The normalized spacial score (nSPS) is 11.0. The number of pyridine rings is 2. The summed E-state index contributed by atoms with van der Waals surface area (Å²) in [7, 11) is 0. The molecule has 4 nitrogen and oxygen atoms in total. The van der Waals surface area contributed by atoms with Gasteiger partial charge in [0.25, 0.3) is 0 Å². The van der Waals surface area contributed by atoms with E-state index in [2.05, 4.69) is 9.97 Å². The highest BCUT2D eigenvalue weighted by atomic mass is 35.5. The topological polar surface area (TPSA) is 68.9 Å². The minimum absolute atomic E-state index is 0.0848. The molecule has 0 spiro atoms. The Morgan fingerprint density at radius 3 is 2.44 bits per heavy atom. The van der Waals surface area contributed by atoms with Gasteiger partial charge >= 0.3 is 0 Å². The van der Waals surface area contributed by atoms with Crippen LogP contribution in [0.1, 0.15) is 15.4 Å². The van der Waals surface area contributed by atoms with Crippen molar-refractivity contribution >= 4 is 56.2 Å². The van der Waals surface area contributed by atoms with E-state index in [1.807, 2.05) is 36.4 Å². The van der Waals surface area contributed by atoms with Crippen molar-refractivity contribution in [1.29, 1.82) is 0 Å². The van der Waals surface area contributed by atoms with Gasteiger partial charge in [-0.25, -0.2) is 4.98 Å². The number of nitrogens with zero attached hydrogens (tertiary/aromatic N) is 2. The van der Waals surface area contributed by atoms with Gasteiger partial charge in [-0.05, 0) is 36.4 Å². The van der Waals surface area contributed by atoms with Crippen molar-refractivity contribution in [2.24, 2.45) is 0 Å². The number of carbonyl (C=O) groups is 1. The summed E-state index contributed by atoms with van der Waals surface area (Å²) >= 11 is 13.1. The van der Waals surface area contributed by atoms with Crippen molar-refractivity contribution in [3.8, 4) is 11.3 Å². The molecule has 0 atom stereocenters. The Morgan fingerprint density at radius 2 is 1.74 bits per heavy atom. The standard InChI is InChI=1S/C20H13Cl2N3OS/c21-12-3-1-11(2-4-12)16-8-7-15-18(23)19(27-20(15)25-16)17(26)9-14-6-5-13(22)10-24-14/h1-8,10H,9,23H2. The minimum atomic E-state index is -0.0848. The molecule has 1 aromatic carbocycles. The van der Waals surface area contributed by atoms with Crippen LogP contribution in [0.5, 0.6) is 0 Å². The second-order valence-corrected chi connectivity index (χ2v) is 7.84. The summed E-state index contributed by atoms with van der Waals surface area (Å²) in [5, 5.41) is 1.99. The van der Waals surface area contributed by atoms with Crippen LogP contribution < -0.4 is 5.73 Å². The van der Waals surface area contributed by atoms with Crippen LogP contribution in [0.2, 0.25) is 10.0 Å². The number of nitrogens with two attached hydrogens (primary N) is 1. The molecule has 0 amide bonds. The lowest BCUT2D eigenvalue weighted by Gasteiger charge is -2.01. The number of fused-ring (bicyclic) bond motifs is 1. The number of hydrogen-bond donors (Lipinski definition) is 1. The number of thiophene rings is 1. The fourth-order valence-corrected chi connectivity index (χ4v) is 4.01.